The molecule has 1 aliphatic heterocycles. The number of amides is 1. The van der Waals surface area contributed by atoms with Crippen molar-refractivity contribution in [2.75, 3.05) is 13.1 Å². The lowest BCUT2D eigenvalue weighted by Gasteiger charge is -2.30. The van der Waals surface area contributed by atoms with Gasteiger partial charge in [-0.25, -0.2) is 8.42 Å². The number of aryl methyl sites for hydroxylation is 2. The first kappa shape index (κ1) is 19.6. The van der Waals surface area contributed by atoms with Gasteiger partial charge in [0.25, 0.3) is 0 Å². The molecule has 5 nitrogen and oxygen atoms in total. The van der Waals surface area contributed by atoms with E-state index in [0.717, 1.165) is 11.1 Å². The molecule has 0 aliphatic carbocycles. The standard InChI is InChI=1S/C21H26N2O3S/c1-16-6-8-18(9-7-16)15-22-21(24)19-10-12-23(13-11-19)27(25,26)20-5-3-4-17(2)14-20/h3-9,14,19H,10-13,15H2,1-2H3,(H,22,24). The van der Waals surface area contributed by atoms with E-state index in [4.69, 9.17) is 0 Å². The van der Waals surface area contributed by atoms with Crippen LogP contribution < -0.4 is 5.32 Å². The van der Waals surface area contributed by atoms with E-state index in [1.54, 1.807) is 18.2 Å². The fraction of sp³-hybridized carbons (Fsp3) is 0.381. The Morgan fingerprint density at radius 2 is 1.70 bits per heavy atom. The molecule has 1 fully saturated rings. The van der Waals surface area contributed by atoms with E-state index >= 15 is 0 Å². The summed E-state index contributed by atoms with van der Waals surface area (Å²) in [4.78, 5) is 12.8. The highest BCUT2D eigenvalue weighted by molar-refractivity contribution is 7.89. The van der Waals surface area contributed by atoms with Crippen molar-refractivity contribution in [1.29, 1.82) is 0 Å². The van der Waals surface area contributed by atoms with Gasteiger partial charge in [0.05, 0.1) is 4.90 Å². The Morgan fingerprint density at radius 3 is 2.33 bits per heavy atom. The van der Waals surface area contributed by atoms with Crippen LogP contribution in [0.15, 0.2) is 53.4 Å². The van der Waals surface area contributed by atoms with Crippen LogP contribution in [0.5, 0.6) is 0 Å². The van der Waals surface area contributed by atoms with Crippen LogP contribution in [0.3, 0.4) is 0 Å². The van der Waals surface area contributed by atoms with Crippen molar-refractivity contribution in [2.24, 2.45) is 5.92 Å². The van der Waals surface area contributed by atoms with Crippen molar-refractivity contribution in [1.82, 2.24) is 9.62 Å². The van der Waals surface area contributed by atoms with Crippen molar-refractivity contribution < 1.29 is 13.2 Å². The van der Waals surface area contributed by atoms with Gasteiger partial charge in [-0.15, -0.1) is 0 Å². The number of rotatable bonds is 5. The van der Waals surface area contributed by atoms with Gasteiger partial charge in [0, 0.05) is 25.6 Å². The Balaban J connectivity index is 1.55. The lowest BCUT2D eigenvalue weighted by atomic mass is 9.97. The summed E-state index contributed by atoms with van der Waals surface area (Å²) in [5, 5.41) is 2.97. The van der Waals surface area contributed by atoms with Gasteiger partial charge in [-0.3, -0.25) is 4.79 Å². The number of nitrogens with one attached hydrogen (secondary N) is 1. The summed E-state index contributed by atoms with van der Waals surface area (Å²) in [6.07, 6.45) is 1.09. The normalized spacial score (nSPS) is 16.2. The third kappa shape index (κ3) is 4.76. The van der Waals surface area contributed by atoms with Gasteiger partial charge in [0.15, 0.2) is 0 Å². The van der Waals surface area contributed by atoms with E-state index in [1.165, 1.54) is 9.87 Å². The van der Waals surface area contributed by atoms with Crippen LogP contribution in [0.1, 0.15) is 29.5 Å². The molecule has 0 atom stereocenters. The minimum atomic E-state index is -3.49. The maximum Gasteiger partial charge on any atom is 0.243 e. The topological polar surface area (TPSA) is 66.5 Å². The fourth-order valence-corrected chi connectivity index (χ4v) is 4.90. The molecule has 6 heteroatoms. The first-order valence-electron chi connectivity index (χ1n) is 9.26. The molecule has 0 bridgehead atoms. The van der Waals surface area contributed by atoms with Crippen molar-refractivity contribution in [2.45, 2.75) is 38.1 Å². The van der Waals surface area contributed by atoms with Crippen LogP contribution in [-0.4, -0.2) is 31.7 Å². The molecule has 0 saturated carbocycles. The first-order chi connectivity index (χ1) is 12.9. The lowest BCUT2D eigenvalue weighted by molar-refractivity contribution is -0.126. The lowest BCUT2D eigenvalue weighted by Crippen LogP contribution is -2.42. The molecule has 0 spiro atoms. The molecule has 1 N–H and O–H groups in total. The van der Waals surface area contributed by atoms with Crippen LogP contribution in [0, 0.1) is 19.8 Å². The molecule has 0 aromatic heterocycles. The van der Waals surface area contributed by atoms with E-state index in [0.29, 0.717) is 37.4 Å². The third-order valence-corrected chi connectivity index (χ3v) is 6.93. The molecule has 1 aliphatic rings. The number of piperidine rings is 1. The molecular weight excluding hydrogens is 360 g/mol. The minimum absolute atomic E-state index is 0.00294. The van der Waals surface area contributed by atoms with E-state index < -0.39 is 10.0 Å². The smallest absolute Gasteiger partial charge is 0.243 e. The summed E-state index contributed by atoms with van der Waals surface area (Å²) in [5.74, 6) is -0.136. The number of carbonyl (C=O) groups excluding carboxylic acids is 1. The number of hydrogen-bond donors (Lipinski definition) is 1. The van der Waals surface area contributed by atoms with Gasteiger partial charge >= 0.3 is 0 Å². The molecule has 0 unspecified atom stereocenters. The summed E-state index contributed by atoms with van der Waals surface area (Å²) in [6.45, 7) is 5.16. The predicted molar refractivity (Wildman–Crippen MR) is 106 cm³/mol. The Hall–Kier alpha value is -2.18. The van der Waals surface area contributed by atoms with Gasteiger partial charge in [0.2, 0.25) is 15.9 Å². The molecule has 2 aromatic carbocycles. The SMILES string of the molecule is Cc1ccc(CNC(=O)C2CCN(S(=O)(=O)c3cccc(C)c3)CC2)cc1. The first-order valence-corrected chi connectivity index (χ1v) is 10.7. The largest absolute Gasteiger partial charge is 0.352 e. The fourth-order valence-electron chi connectivity index (χ4n) is 3.32. The second kappa shape index (κ2) is 8.23. The van der Waals surface area contributed by atoms with Crippen LogP contribution in [-0.2, 0) is 21.4 Å². The zero-order valence-corrected chi connectivity index (χ0v) is 16.6. The van der Waals surface area contributed by atoms with Crippen molar-refractivity contribution in [3.8, 4) is 0 Å². The van der Waals surface area contributed by atoms with Gasteiger partial charge in [-0.2, -0.15) is 4.31 Å². The Morgan fingerprint density at radius 1 is 1.04 bits per heavy atom. The second-order valence-electron chi connectivity index (χ2n) is 7.20. The zero-order valence-electron chi connectivity index (χ0n) is 15.8. The molecular formula is C21H26N2O3S. The number of benzene rings is 2. The maximum atomic E-state index is 12.8. The molecule has 1 saturated heterocycles. The van der Waals surface area contributed by atoms with Crippen LogP contribution >= 0.6 is 0 Å². The molecule has 0 radical (unpaired) electrons. The average molecular weight is 387 g/mol. The van der Waals surface area contributed by atoms with Gasteiger partial charge in [-0.05, 0) is 49.9 Å². The summed E-state index contributed by atoms with van der Waals surface area (Å²) in [6, 6.07) is 15.0. The zero-order chi connectivity index (χ0) is 19.4. The highest BCUT2D eigenvalue weighted by Crippen LogP contribution is 2.24. The average Bonchev–Trinajstić information content (AvgIpc) is 2.67. The summed E-state index contributed by atoms with van der Waals surface area (Å²) < 4.78 is 27.1. The van der Waals surface area contributed by atoms with Crippen molar-refractivity contribution in [3.63, 3.8) is 0 Å². The Kier molecular flexibility index (Phi) is 5.97. The second-order valence-corrected chi connectivity index (χ2v) is 9.14. The van der Waals surface area contributed by atoms with Crippen molar-refractivity contribution >= 4 is 15.9 Å². The third-order valence-electron chi connectivity index (χ3n) is 5.04. The van der Waals surface area contributed by atoms with Gasteiger partial charge in [-0.1, -0.05) is 42.0 Å². The van der Waals surface area contributed by atoms with Crippen LogP contribution in [0.25, 0.3) is 0 Å². The monoisotopic (exact) mass is 386 g/mol. The van der Waals surface area contributed by atoms with E-state index in [9.17, 15) is 13.2 Å². The summed E-state index contributed by atoms with van der Waals surface area (Å²) >= 11 is 0. The Labute approximate surface area is 161 Å². The number of hydrogen-bond acceptors (Lipinski definition) is 3. The van der Waals surface area contributed by atoms with Gasteiger partial charge < -0.3 is 5.32 Å². The minimum Gasteiger partial charge on any atom is -0.352 e. The van der Waals surface area contributed by atoms with Gasteiger partial charge in [0.1, 0.15) is 0 Å². The van der Waals surface area contributed by atoms with E-state index in [2.05, 4.69) is 5.32 Å². The molecule has 1 heterocycles. The molecule has 144 valence electrons. The maximum absolute atomic E-state index is 12.8. The number of carbonyl (C=O) groups is 1. The molecule has 3 rings (SSSR count). The van der Waals surface area contributed by atoms with Crippen LogP contribution in [0.4, 0.5) is 0 Å². The van der Waals surface area contributed by atoms with Crippen LogP contribution in [0.2, 0.25) is 0 Å². The van der Waals surface area contributed by atoms with E-state index in [1.807, 2.05) is 44.2 Å². The summed E-state index contributed by atoms with van der Waals surface area (Å²) in [7, 11) is -3.49. The summed E-state index contributed by atoms with van der Waals surface area (Å²) in [5.41, 5.74) is 3.17. The molecule has 1 amide bonds. The predicted octanol–water partition coefficient (Wildman–Crippen LogP) is 3.02. The molecule has 27 heavy (non-hydrogen) atoms. The number of nitrogens with zero attached hydrogens (tertiary/aromatic N) is 1. The number of sulfonamides is 1. The quantitative estimate of drug-likeness (QED) is 0.859. The van der Waals surface area contributed by atoms with E-state index in [-0.39, 0.29) is 11.8 Å². The highest BCUT2D eigenvalue weighted by Gasteiger charge is 2.32. The van der Waals surface area contributed by atoms with Crippen molar-refractivity contribution in [3.05, 3.63) is 65.2 Å². The Bertz CT molecular complexity index is 899. The highest BCUT2D eigenvalue weighted by atomic mass is 32.2. The molecule has 2 aromatic rings.